The lowest BCUT2D eigenvalue weighted by Gasteiger charge is -2.02. The fraction of sp³-hybridized carbons (Fsp3) is 0.0714. The molecule has 21 heavy (non-hydrogen) atoms. The van der Waals surface area contributed by atoms with Gasteiger partial charge < -0.3 is 5.11 Å². The molecule has 2 aromatic carbocycles. The number of aliphatic hydroxyl groups is 1. The fourth-order valence-corrected chi connectivity index (χ4v) is 3.99. The third-order valence-electron chi connectivity index (χ3n) is 2.87. The Labute approximate surface area is 128 Å². The van der Waals surface area contributed by atoms with Gasteiger partial charge in [-0.3, -0.25) is 10.1 Å². The highest BCUT2D eigenvalue weighted by Gasteiger charge is 2.17. The summed E-state index contributed by atoms with van der Waals surface area (Å²) in [4.78, 5) is 15.7. The average molecular weight is 318 g/mol. The monoisotopic (exact) mass is 318 g/mol. The Kier molecular flexibility index (Phi) is 3.87. The van der Waals surface area contributed by atoms with E-state index in [1.54, 1.807) is 12.1 Å². The smallest absolute Gasteiger partial charge is 0.283 e. The van der Waals surface area contributed by atoms with Crippen LogP contribution in [0.15, 0.2) is 51.7 Å². The van der Waals surface area contributed by atoms with E-state index in [0.29, 0.717) is 10.5 Å². The number of benzene rings is 2. The van der Waals surface area contributed by atoms with Crippen molar-refractivity contribution in [2.45, 2.75) is 15.8 Å². The molecule has 7 heteroatoms. The van der Waals surface area contributed by atoms with Crippen LogP contribution >= 0.6 is 23.1 Å². The van der Waals surface area contributed by atoms with Crippen LogP contribution in [0.4, 0.5) is 5.69 Å². The molecular formula is C14H10N2O3S2. The molecule has 0 atom stereocenters. The minimum absolute atomic E-state index is 0.00851. The second kappa shape index (κ2) is 5.80. The molecule has 0 spiro atoms. The van der Waals surface area contributed by atoms with Gasteiger partial charge in [-0.25, -0.2) is 4.98 Å². The maximum atomic E-state index is 11.1. The Balaban J connectivity index is 1.98. The number of nitro benzene ring substituents is 1. The van der Waals surface area contributed by atoms with Gasteiger partial charge in [-0.05, 0) is 23.8 Å². The van der Waals surface area contributed by atoms with E-state index in [1.807, 2.05) is 24.3 Å². The van der Waals surface area contributed by atoms with E-state index in [1.165, 1.54) is 29.2 Å². The summed E-state index contributed by atoms with van der Waals surface area (Å²) < 4.78 is 1.81. The lowest BCUT2D eigenvalue weighted by molar-refractivity contribution is -0.387. The first kappa shape index (κ1) is 14.0. The number of thiazole rings is 1. The van der Waals surface area contributed by atoms with Crippen molar-refractivity contribution in [2.24, 2.45) is 0 Å². The molecule has 0 aliphatic heterocycles. The van der Waals surface area contributed by atoms with E-state index < -0.39 is 4.92 Å². The average Bonchev–Trinajstić information content (AvgIpc) is 2.89. The predicted molar refractivity (Wildman–Crippen MR) is 82.8 cm³/mol. The molecule has 0 radical (unpaired) electrons. The highest BCUT2D eigenvalue weighted by molar-refractivity contribution is 8.01. The van der Waals surface area contributed by atoms with Crippen LogP contribution < -0.4 is 0 Å². The molecule has 0 bridgehead atoms. The molecular weight excluding hydrogens is 308 g/mol. The molecule has 0 fully saturated rings. The lowest BCUT2D eigenvalue weighted by atomic mass is 10.2. The van der Waals surface area contributed by atoms with Gasteiger partial charge in [-0.2, -0.15) is 0 Å². The van der Waals surface area contributed by atoms with E-state index in [2.05, 4.69) is 4.98 Å². The van der Waals surface area contributed by atoms with Crippen molar-refractivity contribution in [3.8, 4) is 0 Å². The van der Waals surface area contributed by atoms with Crippen LogP contribution in [0.2, 0.25) is 0 Å². The second-order valence-electron chi connectivity index (χ2n) is 4.27. The molecule has 0 unspecified atom stereocenters. The van der Waals surface area contributed by atoms with Crippen molar-refractivity contribution >= 4 is 39.0 Å². The van der Waals surface area contributed by atoms with Crippen LogP contribution in [0.25, 0.3) is 10.2 Å². The van der Waals surface area contributed by atoms with Crippen LogP contribution in [0.3, 0.4) is 0 Å². The number of nitro groups is 1. The first-order valence-electron chi connectivity index (χ1n) is 6.09. The molecule has 106 valence electrons. The Morgan fingerprint density at radius 3 is 2.81 bits per heavy atom. The summed E-state index contributed by atoms with van der Waals surface area (Å²) in [6, 6.07) is 12.5. The molecule has 0 aliphatic rings. The molecule has 0 amide bonds. The SMILES string of the molecule is O=[N+]([O-])c1cc(CO)ccc1Sc1nc2ccccc2s1. The Morgan fingerprint density at radius 1 is 1.29 bits per heavy atom. The predicted octanol–water partition coefficient (Wildman–Crippen LogP) is 3.85. The van der Waals surface area contributed by atoms with E-state index >= 15 is 0 Å². The number of aliphatic hydroxyl groups excluding tert-OH is 1. The number of hydrogen-bond acceptors (Lipinski definition) is 6. The van der Waals surface area contributed by atoms with Gasteiger partial charge in [0.25, 0.3) is 5.69 Å². The molecule has 0 aliphatic carbocycles. The summed E-state index contributed by atoms with van der Waals surface area (Å²) in [5, 5.41) is 20.2. The Bertz CT molecular complexity index is 784. The Morgan fingerprint density at radius 2 is 2.10 bits per heavy atom. The van der Waals surface area contributed by atoms with E-state index in [9.17, 15) is 10.1 Å². The first-order valence-corrected chi connectivity index (χ1v) is 7.72. The van der Waals surface area contributed by atoms with Crippen LogP contribution in [-0.2, 0) is 6.61 Å². The zero-order valence-corrected chi connectivity index (χ0v) is 12.4. The standard InChI is InChI=1S/C14H10N2O3S2/c17-8-9-5-6-13(11(7-9)16(18)19)21-14-15-10-3-1-2-4-12(10)20-14/h1-7,17H,8H2. The summed E-state index contributed by atoms with van der Waals surface area (Å²) in [6.45, 7) is -0.215. The van der Waals surface area contributed by atoms with Crippen LogP contribution in [0.1, 0.15) is 5.56 Å². The summed E-state index contributed by atoms with van der Waals surface area (Å²) in [6.07, 6.45) is 0. The van der Waals surface area contributed by atoms with Crippen LogP contribution in [0.5, 0.6) is 0 Å². The number of hydrogen-bond donors (Lipinski definition) is 1. The number of nitrogens with zero attached hydrogens (tertiary/aromatic N) is 2. The summed E-state index contributed by atoms with van der Waals surface area (Å²) in [5.74, 6) is 0. The Hall–Kier alpha value is -1.96. The number of aromatic nitrogens is 1. The van der Waals surface area contributed by atoms with Crippen molar-refractivity contribution in [3.63, 3.8) is 0 Å². The fourth-order valence-electron chi connectivity index (χ4n) is 1.88. The third-order valence-corrected chi connectivity index (χ3v) is 5.04. The molecule has 0 saturated carbocycles. The maximum Gasteiger partial charge on any atom is 0.283 e. The molecule has 3 rings (SSSR count). The van der Waals surface area contributed by atoms with Gasteiger partial charge in [0.05, 0.1) is 26.6 Å². The minimum atomic E-state index is -0.436. The highest BCUT2D eigenvalue weighted by atomic mass is 32.2. The van der Waals surface area contributed by atoms with Gasteiger partial charge in [0.1, 0.15) is 0 Å². The maximum absolute atomic E-state index is 11.1. The minimum Gasteiger partial charge on any atom is -0.392 e. The lowest BCUT2D eigenvalue weighted by Crippen LogP contribution is -1.93. The van der Waals surface area contributed by atoms with Gasteiger partial charge in [0.15, 0.2) is 4.34 Å². The van der Waals surface area contributed by atoms with Gasteiger partial charge in [-0.15, -0.1) is 11.3 Å². The summed E-state index contributed by atoms with van der Waals surface area (Å²) in [5.41, 5.74) is 1.40. The number of fused-ring (bicyclic) bond motifs is 1. The number of rotatable bonds is 4. The molecule has 1 heterocycles. The second-order valence-corrected chi connectivity index (χ2v) is 6.59. The van der Waals surface area contributed by atoms with Gasteiger partial charge in [-0.1, -0.05) is 30.0 Å². The highest BCUT2D eigenvalue weighted by Crippen LogP contribution is 2.38. The van der Waals surface area contributed by atoms with Crippen LogP contribution in [0, 0.1) is 10.1 Å². The quantitative estimate of drug-likeness (QED) is 0.584. The topological polar surface area (TPSA) is 76.3 Å². The van der Waals surface area contributed by atoms with Gasteiger partial charge >= 0.3 is 0 Å². The largest absolute Gasteiger partial charge is 0.392 e. The van der Waals surface area contributed by atoms with Crippen molar-refractivity contribution in [1.29, 1.82) is 0 Å². The normalized spacial score (nSPS) is 10.9. The van der Waals surface area contributed by atoms with Crippen molar-refractivity contribution < 1.29 is 10.0 Å². The van der Waals surface area contributed by atoms with E-state index in [0.717, 1.165) is 14.6 Å². The molecule has 3 aromatic rings. The zero-order chi connectivity index (χ0) is 14.8. The van der Waals surface area contributed by atoms with E-state index in [-0.39, 0.29) is 12.3 Å². The number of para-hydroxylation sites is 1. The van der Waals surface area contributed by atoms with Crippen molar-refractivity contribution in [2.75, 3.05) is 0 Å². The van der Waals surface area contributed by atoms with E-state index in [4.69, 9.17) is 5.11 Å². The third kappa shape index (κ3) is 2.90. The summed E-state index contributed by atoms with van der Waals surface area (Å²) >= 11 is 2.77. The summed E-state index contributed by atoms with van der Waals surface area (Å²) in [7, 11) is 0. The van der Waals surface area contributed by atoms with Crippen LogP contribution in [-0.4, -0.2) is 15.0 Å². The van der Waals surface area contributed by atoms with Gasteiger partial charge in [0.2, 0.25) is 0 Å². The first-order chi connectivity index (χ1) is 10.2. The van der Waals surface area contributed by atoms with Crippen molar-refractivity contribution in [1.82, 2.24) is 4.98 Å². The molecule has 1 N–H and O–H groups in total. The molecule has 1 aromatic heterocycles. The molecule has 0 saturated heterocycles. The van der Waals surface area contributed by atoms with Gasteiger partial charge in [0, 0.05) is 6.07 Å². The zero-order valence-electron chi connectivity index (χ0n) is 10.7. The van der Waals surface area contributed by atoms with Crippen molar-refractivity contribution in [3.05, 3.63) is 58.1 Å². The molecule has 5 nitrogen and oxygen atoms in total.